The van der Waals surface area contributed by atoms with Crippen molar-refractivity contribution in [1.29, 1.82) is 0 Å². The molecule has 7 heteroatoms. The number of nitrogens with one attached hydrogen (secondary N) is 1. The Morgan fingerprint density at radius 3 is 3.06 bits per heavy atom. The summed E-state index contributed by atoms with van der Waals surface area (Å²) >= 11 is 0. The molecule has 1 N–H and O–H groups in total. The lowest BCUT2D eigenvalue weighted by Gasteiger charge is -2.17. The third-order valence-corrected chi connectivity index (χ3v) is 2.63. The van der Waals surface area contributed by atoms with E-state index in [0.29, 0.717) is 12.8 Å². The Balaban J connectivity index is 0.00000128. The van der Waals surface area contributed by atoms with Gasteiger partial charge in [0.15, 0.2) is 0 Å². The number of ether oxygens (including phenoxy) is 1. The van der Waals surface area contributed by atoms with Gasteiger partial charge in [0.1, 0.15) is 5.82 Å². The standard InChI is InChI=1S/C10H15N3O2.2ClH/c1-15-10(14)3-2-8-6-12-9-7-11-4-5-13(8)9;;/h6,11H,2-5,7H2,1H3;2*1H. The third kappa shape index (κ3) is 3.87. The zero-order chi connectivity index (χ0) is 10.7. The van der Waals surface area contributed by atoms with E-state index < -0.39 is 0 Å². The van der Waals surface area contributed by atoms with Crippen LogP contribution in [0.2, 0.25) is 0 Å². The molecule has 0 unspecified atom stereocenters. The van der Waals surface area contributed by atoms with E-state index in [1.165, 1.54) is 7.11 Å². The molecule has 0 aliphatic carbocycles. The highest BCUT2D eigenvalue weighted by atomic mass is 35.5. The summed E-state index contributed by atoms with van der Waals surface area (Å²) in [4.78, 5) is 15.3. The molecule has 0 spiro atoms. The molecular formula is C10H17Cl2N3O2. The Morgan fingerprint density at radius 1 is 1.59 bits per heavy atom. The van der Waals surface area contributed by atoms with E-state index in [-0.39, 0.29) is 30.8 Å². The lowest BCUT2D eigenvalue weighted by molar-refractivity contribution is -0.140. The zero-order valence-electron chi connectivity index (χ0n) is 9.64. The van der Waals surface area contributed by atoms with Crippen LogP contribution in [0.1, 0.15) is 17.9 Å². The minimum Gasteiger partial charge on any atom is -0.469 e. The number of carbonyl (C=O) groups is 1. The summed E-state index contributed by atoms with van der Waals surface area (Å²) in [5, 5.41) is 3.26. The van der Waals surface area contributed by atoms with Gasteiger partial charge in [-0.1, -0.05) is 0 Å². The summed E-state index contributed by atoms with van der Waals surface area (Å²) in [5.41, 5.74) is 1.12. The molecule has 1 aromatic heterocycles. The van der Waals surface area contributed by atoms with E-state index in [9.17, 15) is 4.79 Å². The Labute approximate surface area is 113 Å². The van der Waals surface area contributed by atoms with E-state index >= 15 is 0 Å². The number of halogens is 2. The molecule has 0 bridgehead atoms. The third-order valence-electron chi connectivity index (χ3n) is 2.63. The highest BCUT2D eigenvalue weighted by Gasteiger charge is 2.14. The SMILES string of the molecule is COC(=O)CCc1cnc2n1CCNC2.Cl.Cl. The summed E-state index contributed by atoms with van der Waals surface area (Å²) in [7, 11) is 1.41. The fourth-order valence-corrected chi connectivity index (χ4v) is 1.79. The van der Waals surface area contributed by atoms with E-state index in [1.54, 1.807) is 0 Å². The largest absolute Gasteiger partial charge is 0.469 e. The summed E-state index contributed by atoms with van der Waals surface area (Å²) in [6, 6.07) is 0. The van der Waals surface area contributed by atoms with Crippen LogP contribution in [0.15, 0.2) is 6.20 Å². The van der Waals surface area contributed by atoms with Crippen LogP contribution in [0.25, 0.3) is 0 Å². The van der Waals surface area contributed by atoms with Crippen LogP contribution in [0.5, 0.6) is 0 Å². The summed E-state index contributed by atoms with van der Waals surface area (Å²) in [5.74, 6) is 0.889. The van der Waals surface area contributed by atoms with Crippen molar-refractivity contribution in [2.45, 2.75) is 25.9 Å². The van der Waals surface area contributed by atoms with E-state index in [1.807, 2.05) is 6.20 Å². The van der Waals surface area contributed by atoms with Gasteiger partial charge in [0.25, 0.3) is 0 Å². The van der Waals surface area contributed by atoms with Crippen LogP contribution in [-0.4, -0.2) is 29.2 Å². The number of esters is 1. The Morgan fingerprint density at radius 2 is 2.35 bits per heavy atom. The van der Waals surface area contributed by atoms with Gasteiger partial charge in [-0.15, -0.1) is 24.8 Å². The minimum atomic E-state index is -0.167. The van der Waals surface area contributed by atoms with Gasteiger partial charge in [-0.25, -0.2) is 4.98 Å². The molecule has 0 amide bonds. The van der Waals surface area contributed by atoms with Crippen LogP contribution in [0.4, 0.5) is 0 Å². The molecule has 0 aromatic carbocycles. The molecule has 0 saturated carbocycles. The number of imidazole rings is 1. The molecule has 0 atom stereocenters. The first-order valence-corrected chi connectivity index (χ1v) is 5.12. The molecule has 1 aromatic rings. The highest BCUT2D eigenvalue weighted by Crippen LogP contribution is 2.10. The van der Waals surface area contributed by atoms with Gasteiger partial charge in [0.2, 0.25) is 0 Å². The molecule has 0 fully saturated rings. The van der Waals surface area contributed by atoms with Crippen LogP contribution in [0.3, 0.4) is 0 Å². The number of rotatable bonds is 3. The number of nitrogens with zero attached hydrogens (tertiary/aromatic N) is 2. The summed E-state index contributed by atoms with van der Waals surface area (Å²) in [6.07, 6.45) is 2.99. The molecular weight excluding hydrogens is 265 g/mol. The second-order valence-electron chi connectivity index (χ2n) is 3.57. The van der Waals surface area contributed by atoms with Crippen molar-refractivity contribution in [1.82, 2.24) is 14.9 Å². The van der Waals surface area contributed by atoms with Crippen LogP contribution >= 0.6 is 24.8 Å². The van der Waals surface area contributed by atoms with Crippen molar-refractivity contribution in [3.63, 3.8) is 0 Å². The zero-order valence-corrected chi connectivity index (χ0v) is 11.3. The van der Waals surface area contributed by atoms with Gasteiger partial charge in [0, 0.05) is 25.0 Å². The number of fused-ring (bicyclic) bond motifs is 1. The lowest BCUT2D eigenvalue weighted by atomic mass is 10.2. The van der Waals surface area contributed by atoms with Crippen molar-refractivity contribution in [3.05, 3.63) is 17.7 Å². The topological polar surface area (TPSA) is 56.1 Å². The fraction of sp³-hybridized carbons (Fsp3) is 0.600. The van der Waals surface area contributed by atoms with Gasteiger partial charge in [-0.2, -0.15) is 0 Å². The van der Waals surface area contributed by atoms with Gasteiger partial charge < -0.3 is 14.6 Å². The number of hydrogen-bond acceptors (Lipinski definition) is 4. The Bertz CT molecular complexity index is 368. The molecule has 1 aliphatic heterocycles. The first-order valence-electron chi connectivity index (χ1n) is 5.12. The molecule has 98 valence electrons. The van der Waals surface area contributed by atoms with Gasteiger partial charge in [-0.3, -0.25) is 4.79 Å². The van der Waals surface area contributed by atoms with Gasteiger partial charge in [0.05, 0.1) is 20.1 Å². The number of aromatic nitrogens is 2. The molecule has 1 aliphatic rings. The monoisotopic (exact) mass is 281 g/mol. The van der Waals surface area contributed by atoms with Crippen molar-refractivity contribution in [3.8, 4) is 0 Å². The first kappa shape index (κ1) is 16.2. The molecule has 17 heavy (non-hydrogen) atoms. The van der Waals surface area contributed by atoms with Gasteiger partial charge in [-0.05, 0) is 6.42 Å². The van der Waals surface area contributed by atoms with Crippen LogP contribution < -0.4 is 5.32 Å². The number of methoxy groups -OCH3 is 1. The van der Waals surface area contributed by atoms with E-state index in [2.05, 4.69) is 19.6 Å². The van der Waals surface area contributed by atoms with Gasteiger partial charge >= 0.3 is 5.97 Å². The molecule has 2 rings (SSSR count). The lowest BCUT2D eigenvalue weighted by Crippen LogP contribution is -2.29. The minimum absolute atomic E-state index is 0. The molecule has 2 heterocycles. The maximum absolute atomic E-state index is 11.0. The van der Waals surface area contributed by atoms with Crippen LogP contribution in [-0.2, 0) is 29.0 Å². The predicted octanol–water partition coefficient (Wildman–Crippen LogP) is 0.935. The number of hydrogen-bond donors (Lipinski definition) is 1. The smallest absolute Gasteiger partial charge is 0.305 e. The van der Waals surface area contributed by atoms with Crippen molar-refractivity contribution in [2.24, 2.45) is 0 Å². The summed E-state index contributed by atoms with van der Waals surface area (Å²) < 4.78 is 6.79. The van der Waals surface area contributed by atoms with Crippen molar-refractivity contribution < 1.29 is 9.53 Å². The maximum Gasteiger partial charge on any atom is 0.305 e. The van der Waals surface area contributed by atoms with Crippen LogP contribution in [0, 0.1) is 0 Å². The fourth-order valence-electron chi connectivity index (χ4n) is 1.79. The summed E-state index contributed by atoms with van der Waals surface area (Å²) in [6.45, 7) is 2.72. The molecule has 5 nitrogen and oxygen atoms in total. The highest BCUT2D eigenvalue weighted by molar-refractivity contribution is 5.85. The second-order valence-corrected chi connectivity index (χ2v) is 3.57. The Kier molecular flexibility index (Phi) is 7.18. The molecule has 0 saturated heterocycles. The van der Waals surface area contributed by atoms with Crippen molar-refractivity contribution >= 4 is 30.8 Å². The quantitative estimate of drug-likeness (QED) is 0.838. The number of carbonyl (C=O) groups excluding carboxylic acids is 1. The Hall–Kier alpha value is -0.780. The maximum atomic E-state index is 11.0. The molecule has 0 radical (unpaired) electrons. The normalized spacial score (nSPS) is 13.0. The van der Waals surface area contributed by atoms with E-state index in [0.717, 1.165) is 31.2 Å². The van der Waals surface area contributed by atoms with Crippen molar-refractivity contribution in [2.75, 3.05) is 13.7 Å². The predicted molar refractivity (Wildman–Crippen MR) is 68.8 cm³/mol. The number of aryl methyl sites for hydroxylation is 1. The average Bonchev–Trinajstić information content (AvgIpc) is 2.69. The first-order chi connectivity index (χ1) is 7.31. The second kappa shape index (κ2) is 7.53. The average molecular weight is 282 g/mol. The van der Waals surface area contributed by atoms with E-state index in [4.69, 9.17) is 0 Å².